The van der Waals surface area contributed by atoms with Gasteiger partial charge in [-0.05, 0) is 53.2 Å². The molecule has 1 atom stereocenters. The highest BCUT2D eigenvalue weighted by Gasteiger charge is 2.34. The van der Waals surface area contributed by atoms with Crippen LogP contribution in [0.3, 0.4) is 0 Å². The van der Waals surface area contributed by atoms with Gasteiger partial charge in [0.15, 0.2) is 0 Å². The minimum Gasteiger partial charge on any atom is -0.495 e. The molecule has 0 spiro atoms. The fourth-order valence-electron chi connectivity index (χ4n) is 4.08. The van der Waals surface area contributed by atoms with Crippen LogP contribution in [0.5, 0.6) is 11.5 Å². The molecular weight excluding hydrogens is 463 g/mol. The molecule has 2 heterocycles. The minimum absolute atomic E-state index is 0.0993. The second-order valence-electron chi connectivity index (χ2n) is 8.12. The monoisotopic (exact) mass is 486 g/mol. The number of ether oxygens (including phenoxy) is 2. The van der Waals surface area contributed by atoms with Crippen LogP contribution in [0.25, 0.3) is 0 Å². The molecule has 0 bridgehead atoms. The number of amides is 1. The van der Waals surface area contributed by atoms with E-state index in [-0.39, 0.29) is 18.3 Å². The largest absolute Gasteiger partial charge is 0.495 e. The second kappa shape index (κ2) is 9.87. The van der Waals surface area contributed by atoms with Gasteiger partial charge in [-0.25, -0.2) is 4.39 Å². The fourth-order valence-corrected chi connectivity index (χ4v) is 4.08. The third-order valence-corrected chi connectivity index (χ3v) is 5.86. The number of benzene rings is 3. The van der Waals surface area contributed by atoms with Gasteiger partial charge < -0.3 is 20.1 Å². The van der Waals surface area contributed by atoms with Crippen LogP contribution in [0.2, 0.25) is 0 Å². The van der Waals surface area contributed by atoms with Crippen LogP contribution in [0.15, 0.2) is 84.1 Å². The molecule has 1 amide bonds. The van der Waals surface area contributed by atoms with E-state index < -0.39 is 6.04 Å². The zero-order valence-electron chi connectivity index (χ0n) is 19.6. The maximum absolute atomic E-state index is 13.9. The van der Waals surface area contributed by atoms with Gasteiger partial charge >= 0.3 is 0 Å². The summed E-state index contributed by atoms with van der Waals surface area (Å²) in [5.74, 6) is 0.889. The minimum atomic E-state index is -0.591. The maximum Gasteiger partial charge on any atom is 0.255 e. The Morgan fingerprint density at radius 3 is 2.61 bits per heavy atom. The number of nitrogens with one attached hydrogen (secondary N) is 2. The molecule has 3 aromatic carbocycles. The average molecular weight is 487 g/mol. The van der Waals surface area contributed by atoms with Crippen LogP contribution < -0.4 is 20.1 Å². The van der Waals surface area contributed by atoms with E-state index in [1.54, 1.807) is 61.2 Å². The number of halogens is 1. The number of carbonyl (C=O) groups is 1. The van der Waals surface area contributed by atoms with E-state index in [4.69, 9.17) is 9.47 Å². The van der Waals surface area contributed by atoms with Crippen molar-refractivity contribution >= 4 is 17.5 Å². The van der Waals surface area contributed by atoms with Crippen molar-refractivity contribution in [1.29, 1.82) is 0 Å². The van der Waals surface area contributed by atoms with E-state index in [0.717, 1.165) is 5.56 Å². The summed E-state index contributed by atoms with van der Waals surface area (Å²) in [7, 11) is 1.55. The molecule has 36 heavy (non-hydrogen) atoms. The lowest BCUT2D eigenvalue weighted by molar-refractivity contribution is -0.113. The normalized spacial score (nSPS) is 14.6. The molecule has 0 saturated heterocycles. The third kappa shape index (κ3) is 4.48. The quantitative estimate of drug-likeness (QED) is 0.401. The predicted molar refractivity (Wildman–Crippen MR) is 131 cm³/mol. The highest BCUT2D eigenvalue weighted by molar-refractivity contribution is 6.06. The molecule has 9 nitrogen and oxygen atoms in total. The van der Waals surface area contributed by atoms with E-state index in [1.807, 2.05) is 24.3 Å². The van der Waals surface area contributed by atoms with Gasteiger partial charge in [0.2, 0.25) is 5.95 Å². The Morgan fingerprint density at radius 2 is 1.83 bits per heavy atom. The number of nitrogens with zero attached hydrogens (tertiary/aromatic N) is 4. The molecule has 0 saturated carbocycles. The summed E-state index contributed by atoms with van der Waals surface area (Å²) in [6.07, 6.45) is 0. The first-order chi connectivity index (χ1) is 17.5. The number of aromatic nitrogens is 4. The number of tetrazole rings is 1. The van der Waals surface area contributed by atoms with E-state index in [2.05, 4.69) is 26.2 Å². The molecule has 182 valence electrons. The van der Waals surface area contributed by atoms with Gasteiger partial charge in [-0.3, -0.25) is 4.79 Å². The molecule has 1 aliphatic rings. The molecule has 0 fully saturated rings. The maximum atomic E-state index is 13.9. The standard InChI is InChI=1S/C26H23FN6O3/c1-16-23(25(34)29-21-9-5-6-10-22(21)35-2)24(33-26(28-16)30-31-32-33)17-11-13-19(14-12-17)36-15-18-7-3-4-8-20(18)27/h3-14,24H,15H2,1-2H3,(H,29,34)(H,28,30,32). The van der Waals surface area contributed by atoms with E-state index in [1.165, 1.54) is 6.07 Å². The summed E-state index contributed by atoms with van der Waals surface area (Å²) < 4.78 is 26.6. The third-order valence-electron chi connectivity index (χ3n) is 5.86. The number of fused-ring (bicyclic) bond motifs is 1. The zero-order chi connectivity index (χ0) is 25.1. The molecule has 5 rings (SSSR count). The number of allylic oxidation sites excluding steroid dienone is 1. The second-order valence-corrected chi connectivity index (χ2v) is 8.12. The van der Waals surface area contributed by atoms with Gasteiger partial charge in [-0.2, -0.15) is 4.68 Å². The van der Waals surface area contributed by atoms with Gasteiger partial charge in [0, 0.05) is 11.3 Å². The Balaban J connectivity index is 1.42. The fraction of sp³-hybridized carbons (Fsp3) is 0.154. The molecule has 1 unspecified atom stereocenters. The smallest absolute Gasteiger partial charge is 0.255 e. The zero-order valence-corrected chi connectivity index (χ0v) is 19.6. The number of rotatable bonds is 7. The Bertz CT molecular complexity index is 1430. The van der Waals surface area contributed by atoms with Crippen molar-refractivity contribution in [3.63, 3.8) is 0 Å². The summed E-state index contributed by atoms with van der Waals surface area (Å²) in [5, 5.41) is 17.9. The highest BCUT2D eigenvalue weighted by Crippen LogP contribution is 2.36. The molecular formula is C26H23FN6O3. The lowest BCUT2D eigenvalue weighted by Crippen LogP contribution is -2.31. The summed E-state index contributed by atoms with van der Waals surface area (Å²) in [6.45, 7) is 1.90. The number of methoxy groups -OCH3 is 1. The van der Waals surface area contributed by atoms with Crippen LogP contribution in [-0.2, 0) is 11.4 Å². The lowest BCUT2D eigenvalue weighted by Gasteiger charge is -2.28. The van der Waals surface area contributed by atoms with Crippen molar-refractivity contribution < 1.29 is 18.7 Å². The SMILES string of the molecule is COc1ccccc1NC(=O)C1=C(C)Nc2nnnn2C1c1ccc(OCc2ccccc2F)cc1. The van der Waals surface area contributed by atoms with Crippen molar-refractivity contribution in [3.05, 3.63) is 101 Å². The first-order valence-electron chi connectivity index (χ1n) is 11.2. The van der Waals surface area contributed by atoms with Crippen LogP contribution in [0.1, 0.15) is 24.1 Å². The van der Waals surface area contributed by atoms with Crippen LogP contribution in [0.4, 0.5) is 16.0 Å². The van der Waals surface area contributed by atoms with Crippen LogP contribution in [-0.4, -0.2) is 33.2 Å². The van der Waals surface area contributed by atoms with Crippen molar-refractivity contribution in [2.75, 3.05) is 17.7 Å². The van der Waals surface area contributed by atoms with Gasteiger partial charge in [-0.15, -0.1) is 0 Å². The topological polar surface area (TPSA) is 103 Å². The molecule has 10 heteroatoms. The Kier molecular flexibility index (Phi) is 6.31. The van der Waals surface area contributed by atoms with Crippen LogP contribution >= 0.6 is 0 Å². The summed E-state index contributed by atoms with van der Waals surface area (Å²) in [4.78, 5) is 13.5. The van der Waals surface area contributed by atoms with Crippen molar-refractivity contribution in [1.82, 2.24) is 20.2 Å². The van der Waals surface area contributed by atoms with Gasteiger partial charge in [0.1, 0.15) is 30.0 Å². The lowest BCUT2D eigenvalue weighted by atomic mass is 9.95. The van der Waals surface area contributed by atoms with Crippen molar-refractivity contribution in [2.45, 2.75) is 19.6 Å². The van der Waals surface area contributed by atoms with Crippen LogP contribution in [0, 0.1) is 5.82 Å². The molecule has 1 aliphatic heterocycles. The Labute approximate surface area is 206 Å². The van der Waals surface area contributed by atoms with Crippen molar-refractivity contribution in [2.24, 2.45) is 0 Å². The number of para-hydroxylation sites is 2. The summed E-state index contributed by atoms with van der Waals surface area (Å²) in [6, 6.07) is 20.3. The molecule has 2 N–H and O–H groups in total. The molecule has 0 aliphatic carbocycles. The number of carbonyl (C=O) groups excluding carboxylic acids is 1. The number of hydrogen-bond acceptors (Lipinski definition) is 7. The average Bonchev–Trinajstić information content (AvgIpc) is 3.36. The van der Waals surface area contributed by atoms with E-state index in [0.29, 0.717) is 40.0 Å². The van der Waals surface area contributed by atoms with E-state index in [9.17, 15) is 9.18 Å². The number of anilines is 2. The summed E-state index contributed by atoms with van der Waals surface area (Å²) >= 11 is 0. The van der Waals surface area contributed by atoms with Crippen molar-refractivity contribution in [3.8, 4) is 11.5 Å². The van der Waals surface area contributed by atoms with Gasteiger partial charge in [0.05, 0.1) is 18.4 Å². The molecule has 0 radical (unpaired) electrons. The van der Waals surface area contributed by atoms with E-state index >= 15 is 0 Å². The highest BCUT2D eigenvalue weighted by atomic mass is 19.1. The Hall–Kier alpha value is -4.73. The molecule has 1 aromatic heterocycles. The summed E-state index contributed by atoms with van der Waals surface area (Å²) in [5.41, 5.74) is 2.85. The first-order valence-corrected chi connectivity index (χ1v) is 11.2. The predicted octanol–water partition coefficient (Wildman–Crippen LogP) is 4.33. The van der Waals surface area contributed by atoms with Gasteiger partial charge in [-0.1, -0.05) is 47.6 Å². The molecule has 4 aromatic rings. The van der Waals surface area contributed by atoms with Gasteiger partial charge in [0.25, 0.3) is 5.91 Å². The number of hydrogen-bond donors (Lipinski definition) is 2. The Morgan fingerprint density at radius 1 is 1.08 bits per heavy atom. The first kappa shape index (κ1) is 23.0.